The Morgan fingerprint density at radius 2 is 1.94 bits per heavy atom. The molecule has 0 radical (unpaired) electrons. The molecular weight excluding hydrogens is 220 g/mol. The van der Waals surface area contributed by atoms with E-state index in [1.54, 1.807) is 7.11 Å². The van der Waals surface area contributed by atoms with Gasteiger partial charge in [0.2, 0.25) is 0 Å². The lowest BCUT2D eigenvalue weighted by Crippen LogP contribution is -2.42. The molecule has 2 bridgehead atoms. The number of hydrogen-bond donors (Lipinski definition) is 1. The molecule has 2 aliphatic heterocycles. The third kappa shape index (κ3) is 3.38. The van der Waals surface area contributed by atoms with Crippen LogP contribution in [0.5, 0.6) is 0 Å². The zero-order chi connectivity index (χ0) is 11.4. The highest BCUT2D eigenvalue weighted by Gasteiger charge is 2.40. The Kier molecular flexibility index (Phi) is 4.57. The molecule has 2 unspecified atom stereocenters. The number of thioether (sulfide) groups is 1. The van der Waals surface area contributed by atoms with Crippen LogP contribution in [-0.2, 0) is 4.74 Å². The van der Waals surface area contributed by atoms with E-state index < -0.39 is 0 Å². The second-order valence-electron chi connectivity index (χ2n) is 5.39. The largest absolute Gasteiger partial charge is 0.390 e. The van der Waals surface area contributed by atoms with Gasteiger partial charge in [-0.05, 0) is 44.9 Å². The number of hydrogen-bond acceptors (Lipinski definition) is 3. The Morgan fingerprint density at radius 3 is 2.56 bits per heavy atom. The van der Waals surface area contributed by atoms with Crippen LogP contribution in [-0.4, -0.2) is 34.9 Å². The molecule has 2 saturated heterocycles. The molecule has 0 aromatic carbocycles. The van der Waals surface area contributed by atoms with Crippen LogP contribution >= 0.6 is 11.8 Å². The van der Waals surface area contributed by atoms with Gasteiger partial charge in [0.05, 0.1) is 5.60 Å². The van der Waals surface area contributed by atoms with Crippen molar-refractivity contribution in [2.75, 3.05) is 13.7 Å². The number of rotatable bonds is 5. The fourth-order valence-electron chi connectivity index (χ4n) is 3.12. The second kappa shape index (κ2) is 5.74. The molecular formula is C13H24O2S. The maximum absolute atomic E-state index is 10.6. The summed E-state index contributed by atoms with van der Waals surface area (Å²) in [6, 6.07) is 0. The molecule has 0 amide bonds. The molecule has 0 aliphatic carbocycles. The Bertz CT molecular complexity index is 208. The average molecular weight is 244 g/mol. The maximum Gasteiger partial charge on any atom is 0.0668 e. The average Bonchev–Trinajstić information content (AvgIpc) is 2.24. The third-order valence-corrected chi connectivity index (χ3v) is 5.47. The van der Waals surface area contributed by atoms with Crippen LogP contribution in [0.3, 0.4) is 0 Å². The van der Waals surface area contributed by atoms with Crippen molar-refractivity contribution < 1.29 is 9.84 Å². The van der Waals surface area contributed by atoms with Gasteiger partial charge < -0.3 is 9.84 Å². The highest BCUT2D eigenvalue weighted by Crippen LogP contribution is 2.47. The first-order valence-corrected chi connectivity index (χ1v) is 7.53. The summed E-state index contributed by atoms with van der Waals surface area (Å²) in [6.07, 6.45) is 9.24. The van der Waals surface area contributed by atoms with Gasteiger partial charge in [-0.25, -0.2) is 0 Å². The lowest BCUT2D eigenvalue weighted by molar-refractivity contribution is 0.00118. The summed E-state index contributed by atoms with van der Waals surface area (Å²) in [5, 5.41) is 12.1. The van der Waals surface area contributed by atoms with E-state index in [2.05, 4.69) is 11.8 Å². The molecule has 2 aliphatic rings. The van der Waals surface area contributed by atoms with E-state index >= 15 is 0 Å². The predicted octanol–water partition coefficient (Wildman–Crippen LogP) is 2.98. The zero-order valence-electron chi connectivity index (χ0n) is 10.3. The lowest BCUT2D eigenvalue weighted by atomic mass is 9.82. The van der Waals surface area contributed by atoms with Gasteiger partial charge in [-0.3, -0.25) is 0 Å². The van der Waals surface area contributed by atoms with E-state index in [-0.39, 0.29) is 5.60 Å². The van der Waals surface area contributed by atoms with Crippen LogP contribution < -0.4 is 0 Å². The van der Waals surface area contributed by atoms with Crippen LogP contribution in [0.4, 0.5) is 0 Å². The van der Waals surface area contributed by atoms with Gasteiger partial charge in [-0.15, -0.1) is 0 Å². The molecule has 2 fully saturated rings. The van der Waals surface area contributed by atoms with E-state index in [1.165, 1.54) is 19.3 Å². The van der Waals surface area contributed by atoms with Crippen molar-refractivity contribution >= 4 is 11.8 Å². The molecule has 2 nitrogen and oxygen atoms in total. The topological polar surface area (TPSA) is 29.5 Å². The number of methoxy groups -OCH3 is 1. The summed E-state index contributed by atoms with van der Waals surface area (Å²) >= 11 is 2.13. The SMILES string of the molecule is COCCCCC1(O)CC2CCCC(C1)S2. The summed E-state index contributed by atoms with van der Waals surface area (Å²) in [4.78, 5) is 0. The quantitative estimate of drug-likeness (QED) is 0.754. The minimum atomic E-state index is -0.352. The van der Waals surface area contributed by atoms with Crippen molar-refractivity contribution in [2.45, 2.75) is 67.5 Å². The summed E-state index contributed by atoms with van der Waals surface area (Å²) in [5.74, 6) is 0. The van der Waals surface area contributed by atoms with Crippen molar-refractivity contribution in [1.82, 2.24) is 0 Å². The smallest absolute Gasteiger partial charge is 0.0668 e. The Balaban J connectivity index is 1.78. The normalized spacial score (nSPS) is 38.6. The van der Waals surface area contributed by atoms with E-state index in [1.807, 2.05) is 0 Å². The first-order chi connectivity index (χ1) is 7.72. The number of aliphatic hydroxyl groups is 1. The summed E-state index contributed by atoms with van der Waals surface area (Å²) in [6.45, 7) is 0.831. The molecule has 0 spiro atoms. The molecule has 2 rings (SSSR count). The first-order valence-electron chi connectivity index (χ1n) is 6.59. The summed E-state index contributed by atoms with van der Waals surface area (Å²) in [5.41, 5.74) is -0.352. The van der Waals surface area contributed by atoms with Gasteiger partial charge in [0.1, 0.15) is 0 Å². The lowest BCUT2D eigenvalue weighted by Gasteiger charge is -2.44. The molecule has 2 heterocycles. The minimum Gasteiger partial charge on any atom is -0.390 e. The molecule has 0 saturated carbocycles. The van der Waals surface area contributed by atoms with Crippen molar-refractivity contribution in [3.05, 3.63) is 0 Å². The molecule has 94 valence electrons. The predicted molar refractivity (Wildman–Crippen MR) is 68.9 cm³/mol. The van der Waals surface area contributed by atoms with Crippen LogP contribution in [0.1, 0.15) is 51.4 Å². The van der Waals surface area contributed by atoms with Gasteiger partial charge in [-0.2, -0.15) is 11.8 Å². The number of ether oxygens (including phenoxy) is 1. The van der Waals surface area contributed by atoms with Crippen LogP contribution in [0.15, 0.2) is 0 Å². The number of fused-ring (bicyclic) bond motifs is 2. The van der Waals surface area contributed by atoms with E-state index in [0.717, 1.165) is 49.2 Å². The molecule has 1 N–H and O–H groups in total. The Morgan fingerprint density at radius 1 is 1.25 bits per heavy atom. The highest BCUT2D eigenvalue weighted by molar-refractivity contribution is 8.00. The van der Waals surface area contributed by atoms with Crippen LogP contribution in [0.2, 0.25) is 0 Å². The van der Waals surface area contributed by atoms with Gasteiger partial charge in [0.25, 0.3) is 0 Å². The van der Waals surface area contributed by atoms with Gasteiger partial charge in [-0.1, -0.05) is 6.42 Å². The standard InChI is InChI=1S/C13H24O2S/c1-15-8-3-2-7-13(14)9-11-5-4-6-12(10-13)16-11/h11-12,14H,2-10H2,1H3. The Hall–Kier alpha value is 0.270. The summed E-state index contributed by atoms with van der Waals surface area (Å²) < 4.78 is 5.05. The first kappa shape index (κ1) is 12.7. The van der Waals surface area contributed by atoms with Crippen molar-refractivity contribution in [3.63, 3.8) is 0 Å². The van der Waals surface area contributed by atoms with E-state index in [4.69, 9.17) is 4.74 Å². The minimum absolute atomic E-state index is 0.352. The van der Waals surface area contributed by atoms with Gasteiger partial charge >= 0.3 is 0 Å². The Labute approximate surface area is 103 Å². The third-order valence-electron chi connectivity index (χ3n) is 3.89. The van der Waals surface area contributed by atoms with Crippen molar-refractivity contribution in [3.8, 4) is 0 Å². The molecule has 3 heteroatoms. The summed E-state index contributed by atoms with van der Waals surface area (Å²) in [7, 11) is 1.75. The van der Waals surface area contributed by atoms with E-state index in [0.29, 0.717) is 0 Å². The fourth-order valence-corrected chi connectivity index (χ4v) is 5.08. The second-order valence-corrected chi connectivity index (χ2v) is 7.00. The molecule has 2 atom stereocenters. The van der Waals surface area contributed by atoms with Crippen LogP contribution in [0, 0.1) is 0 Å². The van der Waals surface area contributed by atoms with Crippen molar-refractivity contribution in [1.29, 1.82) is 0 Å². The van der Waals surface area contributed by atoms with Gasteiger partial charge in [0, 0.05) is 24.2 Å². The maximum atomic E-state index is 10.6. The fraction of sp³-hybridized carbons (Fsp3) is 1.00. The monoisotopic (exact) mass is 244 g/mol. The van der Waals surface area contributed by atoms with Gasteiger partial charge in [0.15, 0.2) is 0 Å². The van der Waals surface area contributed by atoms with Crippen LogP contribution in [0.25, 0.3) is 0 Å². The molecule has 0 aromatic rings. The van der Waals surface area contributed by atoms with Crippen molar-refractivity contribution in [2.24, 2.45) is 0 Å². The number of unbranched alkanes of at least 4 members (excludes halogenated alkanes) is 1. The highest BCUT2D eigenvalue weighted by atomic mass is 32.2. The molecule has 16 heavy (non-hydrogen) atoms. The van der Waals surface area contributed by atoms with E-state index in [9.17, 15) is 5.11 Å². The zero-order valence-corrected chi connectivity index (χ0v) is 11.1. The molecule has 0 aromatic heterocycles.